The van der Waals surface area contributed by atoms with Gasteiger partial charge in [-0.1, -0.05) is 18.2 Å². The monoisotopic (exact) mass is 531 g/mol. The van der Waals surface area contributed by atoms with Crippen molar-refractivity contribution in [1.29, 1.82) is 0 Å². The third-order valence-electron chi connectivity index (χ3n) is 5.91. The van der Waals surface area contributed by atoms with Crippen LogP contribution >= 0.6 is 0 Å². The summed E-state index contributed by atoms with van der Waals surface area (Å²) < 4.78 is 63.5. The van der Waals surface area contributed by atoms with Crippen LogP contribution < -0.4 is 9.47 Å². The number of para-hydroxylation sites is 1. The van der Waals surface area contributed by atoms with Crippen LogP contribution in [-0.4, -0.2) is 37.1 Å². The smallest absolute Gasteiger partial charge is 0.485 e. The van der Waals surface area contributed by atoms with Crippen molar-refractivity contribution in [2.75, 3.05) is 19.0 Å². The largest absolute Gasteiger partial charge is 0.741 e. The Morgan fingerprint density at radius 3 is 2.14 bits per heavy atom. The molecule has 0 amide bonds. The second kappa shape index (κ2) is 10.8. The van der Waals surface area contributed by atoms with Gasteiger partial charge in [-0.3, -0.25) is 0 Å². The van der Waals surface area contributed by atoms with Gasteiger partial charge in [0.05, 0.1) is 0 Å². The first-order valence-corrected chi connectivity index (χ1v) is 12.7. The topological polar surface area (TPSA) is 69.2 Å². The van der Waals surface area contributed by atoms with E-state index in [1.165, 1.54) is 44.9 Å². The van der Waals surface area contributed by atoms with Gasteiger partial charge in [-0.2, -0.15) is 17.7 Å². The van der Waals surface area contributed by atoms with Crippen molar-refractivity contribution < 1.29 is 30.7 Å². The quantitative estimate of drug-likeness (QED) is 0.202. The molecule has 0 aliphatic heterocycles. The zero-order valence-electron chi connectivity index (χ0n) is 21.1. The van der Waals surface area contributed by atoms with Crippen LogP contribution in [0.5, 0.6) is 0 Å². The summed E-state index contributed by atoms with van der Waals surface area (Å²) in [5.74, 6) is 0. The average molecular weight is 532 g/mol. The highest BCUT2D eigenvalue weighted by Crippen LogP contribution is 2.23. The number of benzene rings is 2. The number of rotatable bonds is 4. The Kier molecular flexibility index (Phi) is 8.14. The maximum atomic E-state index is 10.7. The molecule has 0 aliphatic carbocycles. The molecule has 0 spiro atoms. The minimum absolute atomic E-state index is 1.18. The van der Waals surface area contributed by atoms with Gasteiger partial charge in [0.25, 0.3) is 0 Å². The Labute approximate surface area is 214 Å². The lowest BCUT2D eigenvalue weighted by Crippen LogP contribution is -2.32. The summed E-state index contributed by atoms with van der Waals surface area (Å²) >= 11 is 0. The van der Waals surface area contributed by atoms with E-state index in [1.54, 1.807) is 0 Å². The Bertz CT molecular complexity index is 1540. The van der Waals surface area contributed by atoms with Crippen LogP contribution in [-0.2, 0) is 17.2 Å². The number of aryl methyl sites for hydroxylation is 2. The van der Waals surface area contributed by atoms with Crippen LogP contribution in [0.1, 0.15) is 22.6 Å². The third kappa shape index (κ3) is 6.39. The van der Waals surface area contributed by atoms with Crippen LogP contribution in [0, 0.1) is 13.8 Å². The van der Waals surface area contributed by atoms with Gasteiger partial charge in [-0.15, -0.1) is 0 Å². The van der Waals surface area contributed by atoms with Gasteiger partial charge in [0.2, 0.25) is 11.2 Å². The number of aromatic nitrogens is 2. The number of halogens is 3. The van der Waals surface area contributed by atoms with E-state index in [9.17, 15) is 13.2 Å². The van der Waals surface area contributed by atoms with Crippen molar-refractivity contribution in [2.45, 2.75) is 19.4 Å². The normalized spacial score (nSPS) is 12.0. The summed E-state index contributed by atoms with van der Waals surface area (Å²) in [5.41, 5.74) is 2.93. The molecule has 0 atom stereocenters. The SMILES string of the molecule is Cc1cc(/C=C/c2ccc3cc(N(C)C)ccc3[n+]2C)c(C)n1-c1ccccc1.O=S(=O)([O-])C(F)(F)F. The highest BCUT2D eigenvalue weighted by atomic mass is 32.2. The number of anilines is 1. The molecule has 0 fully saturated rings. The predicted octanol–water partition coefficient (Wildman–Crippen LogP) is 5.36. The van der Waals surface area contributed by atoms with Gasteiger partial charge >= 0.3 is 5.51 Å². The Morgan fingerprint density at radius 2 is 1.57 bits per heavy atom. The fraction of sp³-hybridized carbons (Fsp3) is 0.222. The molecule has 0 bridgehead atoms. The molecule has 4 aromatic rings. The van der Waals surface area contributed by atoms with E-state index in [0.29, 0.717) is 0 Å². The highest BCUT2D eigenvalue weighted by Gasteiger charge is 2.36. The number of pyridine rings is 1. The number of hydrogen-bond acceptors (Lipinski definition) is 4. The van der Waals surface area contributed by atoms with Gasteiger partial charge in [0.15, 0.2) is 10.1 Å². The predicted molar refractivity (Wildman–Crippen MR) is 139 cm³/mol. The number of nitrogens with zero attached hydrogens (tertiary/aromatic N) is 3. The van der Waals surface area contributed by atoms with E-state index in [-0.39, 0.29) is 0 Å². The molecule has 0 saturated heterocycles. The van der Waals surface area contributed by atoms with E-state index < -0.39 is 15.6 Å². The zero-order valence-corrected chi connectivity index (χ0v) is 21.9. The van der Waals surface area contributed by atoms with Crippen molar-refractivity contribution in [2.24, 2.45) is 7.05 Å². The molecule has 0 unspecified atom stereocenters. The fourth-order valence-corrected chi connectivity index (χ4v) is 3.96. The average Bonchev–Trinajstić information content (AvgIpc) is 3.11. The fourth-order valence-electron chi connectivity index (χ4n) is 3.96. The molecule has 0 aliphatic rings. The summed E-state index contributed by atoms with van der Waals surface area (Å²) in [6.45, 7) is 4.35. The van der Waals surface area contributed by atoms with Crippen molar-refractivity contribution in [3.05, 3.63) is 89.4 Å². The molecule has 2 aromatic heterocycles. The molecule has 2 heterocycles. The summed E-state index contributed by atoms with van der Waals surface area (Å²) in [4.78, 5) is 2.13. The molecular weight excluding hydrogens is 503 g/mol. The van der Waals surface area contributed by atoms with Crippen LogP contribution in [0.4, 0.5) is 18.9 Å². The van der Waals surface area contributed by atoms with Gasteiger partial charge in [-0.25, -0.2) is 8.42 Å². The van der Waals surface area contributed by atoms with Crippen LogP contribution in [0.3, 0.4) is 0 Å². The summed E-state index contributed by atoms with van der Waals surface area (Å²) in [6.07, 6.45) is 4.42. The first kappa shape index (κ1) is 27.9. The van der Waals surface area contributed by atoms with E-state index in [4.69, 9.17) is 13.0 Å². The first-order chi connectivity index (χ1) is 17.2. The van der Waals surface area contributed by atoms with E-state index in [0.717, 1.165) is 0 Å². The van der Waals surface area contributed by atoms with E-state index >= 15 is 0 Å². The lowest BCUT2D eigenvalue weighted by Gasteiger charge is -2.12. The Morgan fingerprint density at radius 1 is 0.946 bits per heavy atom. The lowest BCUT2D eigenvalue weighted by molar-refractivity contribution is -0.646. The molecule has 0 radical (unpaired) electrons. The van der Waals surface area contributed by atoms with Gasteiger partial charge in [-0.05, 0) is 61.9 Å². The minimum atomic E-state index is -6.09. The molecule has 6 nitrogen and oxygen atoms in total. The van der Waals surface area contributed by atoms with Gasteiger partial charge < -0.3 is 14.0 Å². The highest BCUT2D eigenvalue weighted by molar-refractivity contribution is 7.86. The lowest BCUT2D eigenvalue weighted by atomic mass is 10.1. The second-order valence-electron chi connectivity index (χ2n) is 8.69. The molecule has 0 saturated carbocycles. The van der Waals surface area contributed by atoms with Gasteiger partial charge in [0, 0.05) is 60.5 Å². The van der Waals surface area contributed by atoms with Crippen LogP contribution in [0.15, 0.2) is 66.7 Å². The number of fused-ring (bicyclic) bond motifs is 1. The Balaban J connectivity index is 0.000000414. The zero-order chi connectivity index (χ0) is 27.5. The second-order valence-corrected chi connectivity index (χ2v) is 10.1. The summed E-state index contributed by atoms with van der Waals surface area (Å²) in [7, 11) is 0.186. The van der Waals surface area contributed by atoms with Crippen LogP contribution in [0.25, 0.3) is 28.7 Å². The molecule has 2 aromatic carbocycles. The van der Waals surface area contributed by atoms with Crippen molar-refractivity contribution in [3.63, 3.8) is 0 Å². The van der Waals surface area contributed by atoms with Crippen molar-refractivity contribution >= 4 is 38.9 Å². The standard InChI is InChI=1S/C26H28N3.CHF3O3S/c1-19-17-21(20(2)29(19)24-9-7-6-8-10-24)11-13-23-14-12-22-18-25(27(3)4)15-16-26(22)28(23)5;2-1(3,4)8(5,6)7/h6-18H,1-5H3;(H,5,6,7)/q+1;/p-1. The molecular formula is C27H28F3N3O3S. The van der Waals surface area contributed by atoms with E-state index in [1.807, 2.05) is 0 Å². The minimum Gasteiger partial charge on any atom is -0.741 e. The summed E-state index contributed by atoms with van der Waals surface area (Å²) in [6, 6.07) is 23.8. The molecule has 196 valence electrons. The van der Waals surface area contributed by atoms with Gasteiger partial charge in [0.1, 0.15) is 7.05 Å². The third-order valence-corrected chi connectivity index (χ3v) is 6.48. The summed E-state index contributed by atoms with van der Waals surface area (Å²) in [5, 5.41) is 1.25. The number of alkyl halides is 3. The maximum absolute atomic E-state index is 10.7. The van der Waals surface area contributed by atoms with Crippen molar-refractivity contribution in [1.82, 2.24) is 4.57 Å². The molecule has 10 heteroatoms. The van der Waals surface area contributed by atoms with E-state index in [2.05, 4.69) is 128 Å². The molecule has 0 N–H and O–H groups in total. The number of hydrogen-bond donors (Lipinski definition) is 0. The maximum Gasteiger partial charge on any atom is 0.485 e. The Hall–Kier alpha value is -3.63. The van der Waals surface area contributed by atoms with Crippen LogP contribution in [0.2, 0.25) is 0 Å². The molecule has 37 heavy (non-hydrogen) atoms. The first-order valence-electron chi connectivity index (χ1n) is 11.3. The van der Waals surface area contributed by atoms with Crippen molar-refractivity contribution in [3.8, 4) is 5.69 Å². The molecule has 4 rings (SSSR count).